The molecule has 7 nitrogen and oxygen atoms in total. The second-order valence-electron chi connectivity index (χ2n) is 8.20. The maximum absolute atomic E-state index is 13.8. The van der Waals surface area contributed by atoms with Gasteiger partial charge in [0, 0.05) is 42.0 Å². The molecule has 2 aromatic carbocycles. The highest BCUT2D eigenvalue weighted by atomic mass is 35.5. The van der Waals surface area contributed by atoms with E-state index in [9.17, 15) is 23.1 Å². The second kappa shape index (κ2) is 9.47. The molecule has 1 aliphatic heterocycles. The lowest BCUT2D eigenvalue weighted by Crippen LogP contribution is -2.28. The predicted octanol–water partition coefficient (Wildman–Crippen LogP) is 5.31. The molecular formula is C24H19ClF3N5O2S. The molecule has 3 N–H and O–H groups in total. The molecule has 0 bridgehead atoms. The van der Waals surface area contributed by atoms with Crippen molar-refractivity contribution in [3.05, 3.63) is 69.2 Å². The molecule has 1 fully saturated rings. The monoisotopic (exact) mass is 533 g/mol. The molecule has 5 rings (SSSR count). The van der Waals surface area contributed by atoms with Crippen molar-refractivity contribution in [2.45, 2.75) is 12.6 Å². The van der Waals surface area contributed by atoms with Crippen LogP contribution in [0.1, 0.15) is 28.0 Å². The Kier molecular flexibility index (Phi) is 6.35. The van der Waals surface area contributed by atoms with Crippen molar-refractivity contribution in [2.75, 3.05) is 24.5 Å². The van der Waals surface area contributed by atoms with E-state index >= 15 is 0 Å². The first kappa shape index (κ1) is 24.1. The van der Waals surface area contributed by atoms with Gasteiger partial charge in [0.2, 0.25) is 11.8 Å². The Labute approximate surface area is 212 Å². The van der Waals surface area contributed by atoms with E-state index in [1.54, 1.807) is 24.4 Å². The number of rotatable bonds is 4. The van der Waals surface area contributed by atoms with Crippen LogP contribution in [0.2, 0.25) is 5.02 Å². The summed E-state index contributed by atoms with van der Waals surface area (Å²) in [5.41, 5.74) is 0.698. The van der Waals surface area contributed by atoms with Crippen LogP contribution >= 0.6 is 22.9 Å². The number of thiazole rings is 1. The first-order valence-electron chi connectivity index (χ1n) is 10.9. The number of anilines is 1. The number of halogens is 4. The van der Waals surface area contributed by atoms with Crippen molar-refractivity contribution in [1.82, 2.24) is 20.5 Å². The summed E-state index contributed by atoms with van der Waals surface area (Å²) in [7, 11) is 0. The Hall–Kier alpha value is -3.57. The molecule has 4 aromatic rings. The van der Waals surface area contributed by atoms with Crippen molar-refractivity contribution in [3.63, 3.8) is 0 Å². The minimum absolute atomic E-state index is 0.0342. The van der Waals surface area contributed by atoms with Gasteiger partial charge in [0.25, 0.3) is 0 Å². The summed E-state index contributed by atoms with van der Waals surface area (Å²) in [6.45, 7) is 1.33. The van der Waals surface area contributed by atoms with Gasteiger partial charge < -0.3 is 15.3 Å². The summed E-state index contributed by atoms with van der Waals surface area (Å²) in [5, 5.41) is 21.7. The summed E-state index contributed by atoms with van der Waals surface area (Å²) in [6.07, 6.45) is -1.37. The number of alkyl halides is 3. The van der Waals surface area contributed by atoms with Crippen LogP contribution < -0.4 is 10.2 Å². The van der Waals surface area contributed by atoms with Crippen molar-refractivity contribution in [3.8, 4) is 5.88 Å². The van der Waals surface area contributed by atoms with Crippen molar-refractivity contribution >= 4 is 56.5 Å². The van der Waals surface area contributed by atoms with E-state index in [2.05, 4.69) is 20.5 Å². The highest BCUT2D eigenvalue weighted by Gasteiger charge is 2.33. The Bertz CT molecular complexity index is 1480. The van der Waals surface area contributed by atoms with Crippen LogP contribution in [0.4, 0.5) is 18.3 Å². The quantitative estimate of drug-likeness (QED) is 0.309. The molecule has 1 amide bonds. The minimum Gasteiger partial charge on any atom is -0.492 e. The summed E-state index contributed by atoms with van der Waals surface area (Å²) in [6, 6.07) is 8.85. The SMILES string of the molecule is O=C1CCN(c2nc(O)c(C(=Cc3ccc(Cl)cc3C(F)(F)F)c3ccc4[nH]ncc4c3)s2)CCN1. The van der Waals surface area contributed by atoms with E-state index in [1.165, 1.54) is 18.2 Å². The largest absolute Gasteiger partial charge is 0.492 e. The molecule has 0 radical (unpaired) electrons. The van der Waals surface area contributed by atoms with Gasteiger partial charge in [-0.3, -0.25) is 9.89 Å². The number of hydrogen-bond acceptors (Lipinski definition) is 6. The third-order valence-corrected chi connectivity index (χ3v) is 7.17. The lowest BCUT2D eigenvalue weighted by Gasteiger charge is -2.17. The van der Waals surface area contributed by atoms with E-state index in [0.29, 0.717) is 40.8 Å². The van der Waals surface area contributed by atoms with Gasteiger partial charge >= 0.3 is 6.18 Å². The number of amides is 1. The van der Waals surface area contributed by atoms with Crippen LogP contribution in [0.25, 0.3) is 22.6 Å². The van der Waals surface area contributed by atoms with E-state index in [1.807, 2.05) is 4.90 Å². The molecule has 0 atom stereocenters. The Balaban J connectivity index is 1.66. The molecule has 1 aliphatic rings. The molecule has 0 spiro atoms. The zero-order valence-electron chi connectivity index (χ0n) is 18.6. The van der Waals surface area contributed by atoms with Gasteiger partial charge in [-0.2, -0.15) is 23.3 Å². The number of nitrogens with one attached hydrogen (secondary N) is 2. The van der Waals surface area contributed by atoms with Crippen molar-refractivity contribution < 1.29 is 23.1 Å². The average Bonchev–Trinajstić information content (AvgIpc) is 3.39. The third-order valence-electron chi connectivity index (χ3n) is 5.80. The van der Waals surface area contributed by atoms with Gasteiger partial charge in [-0.15, -0.1) is 0 Å². The Morgan fingerprint density at radius 1 is 1.19 bits per heavy atom. The van der Waals surface area contributed by atoms with Gasteiger partial charge in [-0.05, 0) is 41.5 Å². The van der Waals surface area contributed by atoms with Crippen LogP contribution in [0.3, 0.4) is 0 Å². The number of fused-ring (bicyclic) bond motifs is 1. The number of hydrogen-bond donors (Lipinski definition) is 3. The van der Waals surface area contributed by atoms with Gasteiger partial charge in [0.15, 0.2) is 5.13 Å². The predicted molar refractivity (Wildman–Crippen MR) is 133 cm³/mol. The first-order chi connectivity index (χ1) is 17.2. The van der Waals surface area contributed by atoms with E-state index in [-0.39, 0.29) is 28.8 Å². The zero-order valence-corrected chi connectivity index (χ0v) is 20.1. The molecule has 1 saturated heterocycles. The van der Waals surface area contributed by atoms with Gasteiger partial charge in [0.05, 0.1) is 17.3 Å². The normalized spacial score (nSPS) is 15.3. The fraction of sp³-hybridized carbons (Fsp3) is 0.208. The maximum atomic E-state index is 13.8. The van der Waals surface area contributed by atoms with Crippen LogP contribution in [-0.4, -0.2) is 45.8 Å². The van der Waals surface area contributed by atoms with Crippen LogP contribution in [-0.2, 0) is 11.0 Å². The second-order valence-corrected chi connectivity index (χ2v) is 9.61. The lowest BCUT2D eigenvalue weighted by molar-refractivity contribution is -0.137. The number of aromatic hydroxyl groups is 1. The van der Waals surface area contributed by atoms with Crippen LogP contribution in [0, 0.1) is 0 Å². The summed E-state index contributed by atoms with van der Waals surface area (Å²) >= 11 is 7.02. The van der Waals surface area contributed by atoms with E-state index in [4.69, 9.17) is 11.6 Å². The highest BCUT2D eigenvalue weighted by Crippen LogP contribution is 2.42. The van der Waals surface area contributed by atoms with Crippen LogP contribution in [0.5, 0.6) is 5.88 Å². The molecule has 0 aliphatic carbocycles. The maximum Gasteiger partial charge on any atom is 0.417 e. The average molecular weight is 534 g/mol. The number of carbonyl (C=O) groups excluding carboxylic acids is 1. The zero-order chi connectivity index (χ0) is 25.4. The number of nitrogens with zero attached hydrogens (tertiary/aromatic N) is 3. The number of benzene rings is 2. The number of carbonyl (C=O) groups is 1. The van der Waals surface area contributed by atoms with E-state index < -0.39 is 11.7 Å². The molecule has 12 heteroatoms. The fourth-order valence-electron chi connectivity index (χ4n) is 4.02. The summed E-state index contributed by atoms with van der Waals surface area (Å²) < 4.78 is 41.5. The smallest absolute Gasteiger partial charge is 0.417 e. The molecule has 2 aromatic heterocycles. The molecular weight excluding hydrogens is 515 g/mol. The highest BCUT2D eigenvalue weighted by molar-refractivity contribution is 7.17. The summed E-state index contributed by atoms with van der Waals surface area (Å²) in [4.78, 5) is 18.2. The molecule has 186 valence electrons. The molecule has 36 heavy (non-hydrogen) atoms. The molecule has 0 unspecified atom stereocenters. The Morgan fingerprint density at radius 2 is 2.03 bits per heavy atom. The Morgan fingerprint density at radius 3 is 2.83 bits per heavy atom. The fourth-order valence-corrected chi connectivity index (χ4v) is 5.24. The van der Waals surface area contributed by atoms with Gasteiger partial charge in [0.1, 0.15) is 4.88 Å². The summed E-state index contributed by atoms with van der Waals surface area (Å²) in [5.74, 6) is -0.380. The van der Waals surface area contributed by atoms with Crippen LogP contribution in [0.15, 0.2) is 42.6 Å². The first-order valence-corrected chi connectivity index (χ1v) is 12.1. The topological polar surface area (TPSA) is 94.1 Å². The minimum atomic E-state index is -4.64. The molecule has 3 heterocycles. The molecule has 0 saturated carbocycles. The van der Waals surface area contributed by atoms with E-state index in [0.717, 1.165) is 28.3 Å². The van der Waals surface area contributed by atoms with Gasteiger partial charge in [-0.25, -0.2) is 0 Å². The number of aromatic amines is 1. The lowest BCUT2D eigenvalue weighted by atomic mass is 9.98. The number of aromatic nitrogens is 3. The third kappa shape index (κ3) is 4.89. The van der Waals surface area contributed by atoms with Crippen molar-refractivity contribution in [1.29, 1.82) is 0 Å². The standard InChI is InChI=1S/C24H19ClF3N5O2S/c25-16-3-1-14(18(11-16)24(26,27)28)10-17(13-2-4-19-15(9-13)12-30-32-19)21-22(35)31-23(36-21)33-7-5-20(34)29-6-8-33/h1-4,9-12,35H,5-8H2,(H,29,34)(H,30,32). The van der Waals surface area contributed by atoms with Crippen molar-refractivity contribution in [2.24, 2.45) is 0 Å². The van der Waals surface area contributed by atoms with Gasteiger partial charge in [-0.1, -0.05) is 35.1 Å². The number of H-pyrrole nitrogens is 1.